The van der Waals surface area contributed by atoms with Crippen LogP contribution in [0.1, 0.15) is 59.8 Å². The molecule has 1 unspecified atom stereocenters. The van der Waals surface area contributed by atoms with Gasteiger partial charge in [0.1, 0.15) is 5.00 Å². The number of carbonyl (C=O) groups is 2. The molecule has 1 aliphatic heterocycles. The summed E-state index contributed by atoms with van der Waals surface area (Å²) >= 11 is 1.52. The normalized spacial score (nSPS) is 19.9. The number of carbonyl (C=O) groups excluding carboxylic acids is 2. The quantitative estimate of drug-likeness (QED) is 0.888. The molecule has 1 aromatic rings. The molecule has 6 heteroatoms. The number of likely N-dealkylation sites (tertiary alicyclic amines) is 1. The van der Waals surface area contributed by atoms with E-state index in [2.05, 4.69) is 10.2 Å². The molecule has 0 saturated carbocycles. The summed E-state index contributed by atoms with van der Waals surface area (Å²) in [6, 6.07) is -0.175. The molecule has 2 heterocycles. The summed E-state index contributed by atoms with van der Waals surface area (Å²) < 4.78 is 0. The fourth-order valence-electron chi connectivity index (χ4n) is 3.62. The Kier molecular flexibility index (Phi) is 5.02. The average molecular weight is 335 g/mol. The van der Waals surface area contributed by atoms with Gasteiger partial charge < -0.3 is 11.1 Å². The molecule has 126 valence electrons. The molecule has 1 aromatic heterocycles. The number of rotatable bonds is 4. The number of fused-ring (bicyclic) bond motifs is 1. The fraction of sp³-hybridized carbons (Fsp3) is 0.647. The minimum Gasteiger partial charge on any atom is -0.365 e. The van der Waals surface area contributed by atoms with Crippen molar-refractivity contribution < 1.29 is 9.59 Å². The third kappa shape index (κ3) is 3.43. The highest BCUT2D eigenvalue weighted by atomic mass is 32.1. The highest BCUT2D eigenvalue weighted by Crippen LogP contribution is 2.38. The number of primary amides is 1. The first-order chi connectivity index (χ1) is 11.1. The molecule has 1 fully saturated rings. The molecule has 2 amide bonds. The standard InChI is InChI=1S/C17H25N3O2S/c1-11(20-9-4-2-3-5-10-20)16(22)19-17-14(15(18)21)12-7-6-8-13(12)23-17/h11H,2-10H2,1H3,(H2,18,21)(H,19,22). The first kappa shape index (κ1) is 16.5. The van der Waals surface area contributed by atoms with Crippen LogP contribution < -0.4 is 11.1 Å². The Morgan fingerprint density at radius 1 is 1.13 bits per heavy atom. The Balaban J connectivity index is 1.73. The number of aryl methyl sites for hydroxylation is 1. The van der Waals surface area contributed by atoms with Gasteiger partial charge in [-0.1, -0.05) is 12.8 Å². The van der Waals surface area contributed by atoms with E-state index in [-0.39, 0.29) is 11.9 Å². The van der Waals surface area contributed by atoms with Gasteiger partial charge in [0.05, 0.1) is 11.6 Å². The number of anilines is 1. The molecular weight excluding hydrogens is 310 g/mol. The molecule has 5 nitrogen and oxygen atoms in total. The zero-order valence-corrected chi connectivity index (χ0v) is 14.5. The Labute approximate surface area is 141 Å². The first-order valence-electron chi connectivity index (χ1n) is 8.57. The molecule has 3 rings (SSSR count). The lowest BCUT2D eigenvalue weighted by Gasteiger charge is -2.26. The van der Waals surface area contributed by atoms with Gasteiger partial charge in [0.2, 0.25) is 5.91 Å². The topological polar surface area (TPSA) is 75.4 Å². The van der Waals surface area contributed by atoms with Crippen molar-refractivity contribution in [3.8, 4) is 0 Å². The van der Waals surface area contributed by atoms with Gasteiger partial charge in [-0.3, -0.25) is 14.5 Å². The molecule has 1 saturated heterocycles. The van der Waals surface area contributed by atoms with Crippen molar-refractivity contribution >= 4 is 28.2 Å². The molecule has 1 aliphatic carbocycles. The van der Waals surface area contributed by atoms with Gasteiger partial charge in [0, 0.05) is 4.88 Å². The molecule has 1 atom stereocenters. The molecule has 0 bridgehead atoms. The van der Waals surface area contributed by atoms with Crippen molar-refractivity contribution in [2.24, 2.45) is 5.73 Å². The molecular formula is C17H25N3O2S. The van der Waals surface area contributed by atoms with E-state index in [0.29, 0.717) is 10.6 Å². The van der Waals surface area contributed by atoms with Crippen LogP contribution in [-0.2, 0) is 17.6 Å². The minimum absolute atomic E-state index is 0.0330. The summed E-state index contributed by atoms with van der Waals surface area (Å²) in [5, 5.41) is 3.62. The molecule has 0 aromatic carbocycles. The van der Waals surface area contributed by atoms with Crippen LogP contribution in [0, 0.1) is 0 Å². The summed E-state index contributed by atoms with van der Waals surface area (Å²) in [4.78, 5) is 27.9. The maximum absolute atomic E-state index is 12.6. The summed E-state index contributed by atoms with van der Waals surface area (Å²) in [5.74, 6) is -0.462. The largest absolute Gasteiger partial charge is 0.365 e. The lowest BCUT2D eigenvalue weighted by Crippen LogP contribution is -2.42. The van der Waals surface area contributed by atoms with Crippen molar-refractivity contribution in [1.29, 1.82) is 0 Å². The number of hydrogen-bond donors (Lipinski definition) is 2. The third-order valence-electron chi connectivity index (χ3n) is 4.97. The van der Waals surface area contributed by atoms with E-state index >= 15 is 0 Å². The van der Waals surface area contributed by atoms with E-state index in [4.69, 9.17) is 5.73 Å². The minimum atomic E-state index is -0.429. The number of nitrogens with two attached hydrogens (primary N) is 1. The second-order valence-corrected chi connectivity index (χ2v) is 7.65. The van der Waals surface area contributed by atoms with Crippen LogP contribution in [0.2, 0.25) is 0 Å². The summed E-state index contributed by atoms with van der Waals surface area (Å²) in [5.41, 5.74) is 7.15. The number of nitrogens with one attached hydrogen (secondary N) is 1. The predicted octanol–water partition coefficient (Wildman–Crippen LogP) is 2.54. The Morgan fingerprint density at radius 2 is 1.83 bits per heavy atom. The van der Waals surface area contributed by atoms with Gasteiger partial charge >= 0.3 is 0 Å². The van der Waals surface area contributed by atoms with Crippen molar-refractivity contribution in [1.82, 2.24) is 4.90 Å². The summed E-state index contributed by atoms with van der Waals surface area (Å²) in [6.45, 7) is 3.89. The van der Waals surface area contributed by atoms with Crippen LogP contribution in [0.4, 0.5) is 5.00 Å². The SMILES string of the molecule is CC(C(=O)Nc1sc2c(c1C(N)=O)CCC2)N1CCCCCC1. The molecule has 3 N–H and O–H groups in total. The van der Waals surface area contributed by atoms with Gasteiger partial charge in [0.25, 0.3) is 5.91 Å². The lowest BCUT2D eigenvalue weighted by atomic mass is 10.1. The lowest BCUT2D eigenvalue weighted by molar-refractivity contribution is -0.120. The first-order valence-corrected chi connectivity index (χ1v) is 9.39. The number of thiophene rings is 1. The Bertz CT molecular complexity index is 603. The van der Waals surface area contributed by atoms with E-state index < -0.39 is 5.91 Å². The van der Waals surface area contributed by atoms with E-state index in [0.717, 1.165) is 50.8 Å². The van der Waals surface area contributed by atoms with Crippen molar-refractivity contribution in [2.45, 2.75) is 57.9 Å². The van der Waals surface area contributed by atoms with Crippen LogP contribution >= 0.6 is 11.3 Å². The number of nitrogens with zero attached hydrogens (tertiary/aromatic N) is 1. The second kappa shape index (κ2) is 7.01. The zero-order valence-electron chi connectivity index (χ0n) is 13.7. The summed E-state index contributed by atoms with van der Waals surface area (Å²) in [7, 11) is 0. The van der Waals surface area contributed by atoms with Crippen LogP contribution in [-0.4, -0.2) is 35.8 Å². The number of hydrogen-bond acceptors (Lipinski definition) is 4. The zero-order chi connectivity index (χ0) is 16.4. The van der Waals surface area contributed by atoms with Gasteiger partial charge in [-0.2, -0.15) is 0 Å². The van der Waals surface area contributed by atoms with Gasteiger partial charge in [0.15, 0.2) is 0 Å². The van der Waals surface area contributed by atoms with Crippen molar-refractivity contribution in [3.05, 3.63) is 16.0 Å². The Morgan fingerprint density at radius 3 is 2.48 bits per heavy atom. The molecule has 0 spiro atoms. The second-order valence-electron chi connectivity index (χ2n) is 6.54. The molecule has 23 heavy (non-hydrogen) atoms. The number of amides is 2. The van der Waals surface area contributed by atoms with Gasteiger partial charge in [-0.25, -0.2) is 0 Å². The smallest absolute Gasteiger partial charge is 0.251 e. The Hall–Kier alpha value is -1.40. The average Bonchev–Trinajstić information content (AvgIpc) is 2.96. The van der Waals surface area contributed by atoms with Crippen LogP contribution in [0.15, 0.2) is 0 Å². The highest BCUT2D eigenvalue weighted by Gasteiger charge is 2.28. The van der Waals surface area contributed by atoms with Crippen molar-refractivity contribution in [3.63, 3.8) is 0 Å². The molecule has 0 radical (unpaired) electrons. The van der Waals surface area contributed by atoms with Crippen LogP contribution in [0.3, 0.4) is 0 Å². The van der Waals surface area contributed by atoms with Gasteiger partial charge in [-0.05, 0) is 57.7 Å². The van der Waals surface area contributed by atoms with Crippen LogP contribution in [0.25, 0.3) is 0 Å². The maximum Gasteiger partial charge on any atom is 0.251 e. The predicted molar refractivity (Wildman–Crippen MR) is 93.0 cm³/mol. The van der Waals surface area contributed by atoms with E-state index in [1.54, 1.807) is 0 Å². The maximum atomic E-state index is 12.6. The third-order valence-corrected chi connectivity index (χ3v) is 6.18. The van der Waals surface area contributed by atoms with Crippen molar-refractivity contribution in [2.75, 3.05) is 18.4 Å². The highest BCUT2D eigenvalue weighted by molar-refractivity contribution is 7.17. The molecule has 2 aliphatic rings. The van der Waals surface area contributed by atoms with E-state index in [1.165, 1.54) is 29.1 Å². The summed E-state index contributed by atoms with van der Waals surface area (Å²) in [6.07, 6.45) is 7.73. The van der Waals surface area contributed by atoms with E-state index in [1.807, 2.05) is 6.92 Å². The van der Waals surface area contributed by atoms with E-state index in [9.17, 15) is 9.59 Å². The fourth-order valence-corrected chi connectivity index (χ4v) is 4.92. The monoisotopic (exact) mass is 335 g/mol. The van der Waals surface area contributed by atoms with Crippen LogP contribution in [0.5, 0.6) is 0 Å². The van der Waals surface area contributed by atoms with Gasteiger partial charge in [-0.15, -0.1) is 11.3 Å².